The van der Waals surface area contributed by atoms with Crippen LogP contribution in [0.3, 0.4) is 0 Å². The Morgan fingerprint density at radius 1 is 1.28 bits per heavy atom. The van der Waals surface area contributed by atoms with E-state index in [0.29, 0.717) is 53.5 Å². The molecule has 2 heterocycles. The average molecular weight is 432 g/mol. The molecule has 3 aromatic rings. The molecule has 0 aliphatic heterocycles. The van der Waals surface area contributed by atoms with Crippen molar-refractivity contribution in [2.75, 3.05) is 26.1 Å². The first-order valence-corrected chi connectivity index (χ1v) is 10.5. The van der Waals surface area contributed by atoms with Crippen LogP contribution in [-0.4, -0.2) is 58.1 Å². The van der Waals surface area contributed by atoms with Crippen LogP contribution in [0.5, 0.6) is 0 Å². The monoisotopic (exact) mass is 432 g/mol. The van der Waals surface area contributed by atoms with Crippen LogP contribution in [0.25, 0.3) is 11.2 Å². The lowest BCUT2D eigenvalue weighted by molar-refractivity contribution is 0.0779. The summed E-state index contributed by atoms with van der Waals surface area (Å²) in [6, 6.07) is 12.2. The van der Waals surface area contributed by atoms with Gasteiger partial charge in [0.1, 0.15) is 11.2 Å². The summed E-state index contributed by atoms with van der Waals surface area (Å²) in [7, 11) is 3.42. The molecule has 9 nitrogen and oxygen atoms in total. The van der Waals surface area contributed by atoms with Gasteiger partial charge < -0.3 is 9.64 Å². The second-order valence-electron chi connectivity index (χ2n) is 7.77. The molecule has 1 N–H and O–H groups in total. The van der Waals surface area contributed by atoms with Gasteiger partial charge in [-0.05, 0) is 49.6 Å². The summed E-state index contributed by atoms with van der Waals surface area (Å²) in [5, 5.41) is 11.9. The maximum Gasteiger partial charge on any atom is 0.272 e. The molecule has 1 aliphatic rings. The number of carbonyl (C=O) groups excluding carboxylic acids is 2. The molecule has 0 radical (unpaired) electrons. The van der Waals surface area contributed by atoms with Crippen molar-refractivity contribution >= 4 is 28.9 Å². The summed E-state index contributed by atoms with van der Waals surface area (Å²) in [4.78, 5) is 36.4. The van der Waals surface area contributed by atoms with E-state index in [1.54, 1.807) is 54.0 Å². The first-order valence-electron chi connectivity index (χ1n) is 10.5. The molecule has 0 bridgehead atoms. The van der Waals surface area contributed by atoms with Gasteiger partial charge >= 0.3 is 0 Å². The number of imidazole rings is 1. The molecule has 0 spiro atoms. The summed E-state index contributed by atoms with van der Waals surface area (Å²) in [6.45, 7) is 1.03. The van der Waals surface area contributed by atoms with Crippen molar-refractivity contribution in [2.45, 2.75) is 31.8 Å². The fourth-order valence-corrected chi connectivity index (χ4v) is 3.51. The van der Waals surface area contributed by atoms with E-state index in [2.05, 4.69) is 15.3 Å². The molecule has 1 fully saturated rings. The summed E-state index contributed by atoms with van der Waals surface area (Å²) in [5.74, 6) is -0.177. The number of carbonyl (C=O) groups is 2. The Morgan fingerprint density at radius 3 is 2.81 bits per heavy atom. The van der Waals surface area contributed by atoms with Gasteiger partial charge in [0.15, 0.2) is 5.65 Å². The lowest BCUT2D eigenvalue weighted by Crippen LogP contribution is -2.29. The van der Waals surface area contributed by atoms with Gasteiger partial charge in [0, 0.05) is 38.9 Å². The van der Waals surface area contributed by atoms with Gasteiger partial charge in [-0.3, -0.25) is 19.5 Å². The Morgan fingerprint density at radius 2 is 2.09 bits per heavy atom. The van der Waals surface area contributed by atoms with Crippen LogP contribution >= 0.6 is 0 Å². The third-order valence-corrected chi connectivity index (χ3v) is 5.44. The third-order valence-electron chi connectivity index (χ3n) is 5.44. The van der Waals surface area contributed by atoms with Crippen molar-refractivity contribution in [2.24, 2.45) is 0 Å². The number of aryl methyl sites for hydroxylation is 1. The Labute approximate surface area is 185 Å². The number of fused-ring (bicyclic) bond motifs is 1. The molecule has 9 heteroatoms. The van der Waals surface area contributed by atoms with Gasteiger partial charge in [0.2, 0.25) is 5.95 Å². The van der Waals surface area contributed by atoms with Crippen molar-refractivity contribution in [3.05, 3.63) is 53.2 Å². The van der Waals surface area contributed by atoms with Gasteiger partial charge in [-0.1, -0.05) is 6.07 Å². The predicted octanol–water partition coefficient (Wildman–Crippen LogP) is 2.83. The normalized spacial score (nSPS) is 13.0. The molecular weight excluding hydrogens is 408 g/mol. The van der Waals surface area contributed by atoms with E-state index in [1.807, 2.05) is 6.07 Å². The summed E-state index contributed by atoms with van der Waals surface area (Å²) in [6.07, 6.45) is 2.71. The third kappa shape index (κ3) is 4.45. The zero-order valence-electron chi connectivity index (χ0n) is 18.0. The second-order valence-corrected chi connectivity index (χ2v) is 7.77. The van der Waals surface area contributed by atoms with Crippen LogP contribution in [-0.2, 0) is 11.3 Å². The van der Waals surface area contributed by atoms with Crippen LogP contribution < -0.4 is 5.32 Å². The number of benzene rings is 1. The number of hydrogen-bond acceptors (Lipinski definition) is 6. The minimum atomic E-state index is -0.379. The van der Waals surface area contributed by atoms with E-state index in [0.717, 1.165) is 12.8 Å². The number of aromatic nitrogens is 3. The molecular formula is C23H24N6O3. The van der Waals surface area contributed by atoms with Crippen LogP contribution in [0, 0.1) is 11.3 Å². The number of nitrogens with one attached hydrogen (secondary N) is 1. The number of rotatable bonds is 8. The highest BCUT2D eigenvalue weighted by molar-refractivity contribution is 6.04. The van der Waals surface area contributed by atoms with Gasteiger partial charge in [-0.15, -0.1) is 0 Å². The minimum Gasteiger partial charge on any atom is -0.385 e. The van der Waals surface area contributed by atoms with Crippen molar-refractivity contribution in [3.8, 4) is 6.07 Å². The van der Waals surface area contributed by atoms with Gasteiger partial charge in [0.05, 0.1) is 11.6 Å². The Kier molecular flexibility index (Phi) is 6.14. The largest absolute Gasteiger partial charge is 0.385 e. The van der Waals surface area contributed by atoms with Crippen LogP contribution in [0.4, 0.5) is 5.95 Å². The number of anilines is 1. The molecule has 164 valence electrons. The molecule has 4 rings (SSSR count). The van der Waals surface area contributed by atoms with E-state index in [-0.39, 0.29) is 17.9 Å². The standard InChI is InChI=1S/C23H24N6O3/c1-28(17-7-8-17)22(31)19-10-9-18-20(25-19)29(11-4-12-32-2)23(26-18)27-21(30)16-6-3-5-15(13-16)14-24/h3,5-6,9-10,13,17H,4,7-8,11-12H2,1-2H3,(H,26,27,30). The maximum atomic E-state index is 12.8. The second kappa shape index (κ2) is 9.16. The first-order chi connectivity index (χ1) is 15.5. The van der Waals surface area contributed by atoms with E-state index >= 15 is 0 Å². The maximum absolute atomic E-state index is 12.8. The van der Waals surface area contributed by atoms with E-state index in [1.165, 1.54) is 6.07 Å². The van der Waals surface area contributed by atoms with Crippen molar-refractivity contribution < 1.29 is 14.3 Å². The molecule has 2 aromatic heterocycles. The first kappa shape index (κ1) is 21.5. The van der Waals surface area contributed by atoms with Gasteiger partial charge in [-0.2, -0.15) is 5.26 Å². The molecule has 0 saturated heterocycles. The van der Waals surface area contributed by atoms with Crippen LogP contribution in [0.2, 0.25) is 0 Å². The number of amides is 2. The van der Waals surface area contributed by atoms with E-state index in [9.17, 15) is 9.59 Å². The number of methoxy groups -OCH3 is 1. The highest BCUT2D eigenvalue weighted by Gasteiger charge is 2.31. The zero-order chi connectivity index (χ0) is 22.7. The molecule has 1 aromatic carbocycles. The smallest absolute Gasteiger partial charge is 0.272 e. The molecule has 0 atom stereocenters. The highest BCUT2D eigenvalue weighted by Crippen LogP contribution is 2.27. The van der Waals surface area contributed by atoms with Crippen LogP contribution in [0.1, 0.15) is 45.7 Å². The fourth-order valence-electron chi connectivity index (χ4n) is 3.51. The van der Waals surface area contributed by atoms with E-state index in [4.69, 9.17) is 10.00 Å². The molecule has 1 aliphatic carbocycles. The summed E-state index contributed by atoms with van der Waals surface area (Å²) >= 11 is 0. The number of pyridine rings is 1. The Balaban J connectivity index is 1.67. The fraction of sp³-hybridized carbons (Fsp3) is 0.348. The predicted molar refractivity (Wildman–Crippen MR) is 118 cm³/mol. The lowest BCUT2D eigenvalue weighted by Gasteiger charge is -2.15. The number of nitrogens with zero attached hydrogens (tertiary/aromatic N) is 5. The quantitative estimate of drug-likeness (QED) is 0.548. The van der Waals surface area contributed by atoms with Crippen LogP contribution in [0.15, 0.2) is 36.4 Å². The number of ether oxygens (including phenoxy) is 1. The minimum absolute atomic E-state index is 0.127. The average Bonchev–Trinajstić information content (AvgIpc) is 3.61. The lowest BCUT2D eigenvalue weighted by atomic mass is 10.1. The SMILES string of the molecule is COCCCn1c(NC(=O)c2cccc(C#N)c2)nc2ccc(C(=O)N(C)C3CC3)nc21. The molecule has 0 unspecified atom stereocenters. The van der Waals surface area contributed by atoms with Gasteiger partial charge in [0.25, 0.3) is 11.8 Å². The number of nitriles is 1. The van der Waals surface area contributed by atoms with E-state index < -0.39 is 0 Å². The molecule has 2 amide bonds. The summed E-state index contributed by atoms with van der Waals surface area (Å²) in [5.41, 5.74) is 2.20. The number of hydrogen-bond donors (Lipinski definition) is 1. The zero-order valence-corrected chi connectivity index (χ0v) is 18.0. The summed E-state index contributed by atoms with van der Waals surface area (Å²) < 4.78 is 6.95. The van der Waals surface area contributed by atoms with Crippen molar-refractivity contribution in [1.29, 1.82) is 5.26 Å². The van der Waals surface area contributed by atoms with Crippen molar-refractivity contribution in [3.63, 3.8) is 0 Å². The topological polar surface area (TPSA) is 113 Å². The molecule has 32 heavy (non-hydrogen) atoms. The highest BCUT2D eigenvalue weighted by atomic mass is 16.5. The Hall–Kier alpha value is -3.77. The van der Waals surface area contributed by atoms with Crippen molar-refractivity contribution in [1.82, 2.24) is 19.4 Å². The Bertz CT molecular complexity index is 1210. The van der Waals surface area contributed by atoms with Gasteiger partial charge in [-0.25, -0.2) is 9.97 Å². The molecule has 1 saturated carbocycles.